The highest BCUT2D eigenvalue weighted by atomic mass is 35.5. The summed E-state index contributed by atoms with van der Waals surface area (Å²) in [5.74, 6) is -0.378. The number of anilines is 1. The number of benzene rings is 1. The molecule has 0 saturated heterocycles. The van der Waals surface area contributed by atoms with Gasteiger partial charge in [0, 0.05) is 11.9 Å². The van der Waals surface area contributed by atoms with E-state index in [0.29, 0.717) is 32.3 Å². The number of carbonyl (C=O) groups excluding carboxylic acids is 1. The Morgan fingerprint density at radius 1 is 1.26 bits per heavy atom. The van der Waals surface area contributed by atoms with Crippen molar-refractivity contribution in [2.75, 3.05) is 5.32 Å². The highest BCUT2D eigenvalue weighted by Gasteiger charge is 2.13. The minimum absolute atomic E-state index is 0.285. The molecule has 4 nitrogen and oxygen atoms in total. The van der Waals surface area contributed by atoms with Crippen LogP contribution in [0.3, 0.4) is 0 Å². The lowest BCUT2D eigenvalue weighted by atomic mass is 10.3. The smallest absolute Gasteiger partial charge is 0.275 e. The Hall–Kier alpha value is -0.850. The second-order valence-electron chi connectivity index (χ2n) is 3.53. The van der Waals surface area contributed by atoms with Gasteiger partial charge >= 0.3 is 0 Å². The monoisotopic (exact) mass is 335 g/mol. The molecule has 3 N–H and O–H groups in total. The lowest BCUT2D eigenvalue weighted by molar-refractivity contribution is 0.102. The fraction of sp³-hybridized carbons (Fsp3) is 0.0909. The van der Waals surface area contributed by atoms with E-state index in [1.807, 2.05) is 0 Å². The highest BCUT2D eigenvalue weighted by molar-refractivity contribution is 7.09. The van der Waals surface area contributed by atoms with Gasteiger partial charge in [-0.15, -0.1) is 11.3 Å². The summed E-state index contributed by atoms with van der Waals surface area (Å²) >= 11 is 19.0. The largest absolute Gasteiger partial charge is 0.325 e. The SMILES string of the molecule is NCc1nc(C(=O)Nc2cc(Cl)c(Cl)cc2Cl)cs1. The standard InChI is InChI=1S/C11H8Cl3N3OS/c12-5-1-7(14)8(2-6(5)13)17-11(18)9-4-19-10(3-15)16-9/h1-2,4H,3,15H2,(H,17,18). The fourth-order valence-electron chi connectivity index (χ4n) is 1.31. The molecule has 0 fully saturated rings. The number of rotatable bonds is 3. The zero-order valence-electron chi connectivity index (χ0n) is 9.41. The lowest BCUT2D eigenvalue weighted by Gasteiger charge is -2.07. The number of nitrogens with one attached hydrogen (secondary N) is 1. The van der Waals surface area contributed by atoms with E-state index in [1.54, 1.807) is 5.38 Å². The van der Waals surface area contributed by atoms with E-state index in [-0.39, 0.29) is 11.6 Å². The Bertz CT molecular complexity index is 630. The minimum Gasteiger partial charge on any atom is -0.325 e. The molecule has 0 aliphatic carbocycles. The molecule has 8 heteroatoms. The van der Waals surface area contributed by atoms with Gasteiger partial charge in [-0.2, -0.15) is 0 Å². The number of hydrogen-bond acceptors (Lipinski definition) is 4. The summed E-state index contributed by atoms with van der Waals surface area (Å²) in [5, 5.41) is 5.87. The average Bonchev–Trinajstić information content (AvgIpc) is 2.84. The number of nitrogens with two attached hydrogens (primary N) is 1. The summed E-state index contributed by atoms with van der Waals surface area (Å²) < 4.78 is 0. The third-order valence-corrected chi connectivity index (χ3v) is 4.12. The first-order valence-corrected chi connectivity index (χ1v) is 7.13. The van der Waals surface area contributed by atoms with Crippen LogP contribution >= 0.6 is 46.1 Å². The Morgan fingerprint density at radius 2 is 1.95 bits per heavy atom. The van der Waals surface area contributed by atoms with Gasteiger partial charge in [-0.05, 0) is 12.1 Å². The Kier molecular flexibility index (Phi) is 4.65. The van der Waals surface area contributed by atoms with Gasteiger partial charge in [0.2, 0.25) is 0 Å². The van der Waals surface area contributed by atoms with Crippen LogP contribution in [0.5, 0.6) is 0 Å². The van der Waals surface area contributed by atoms with Crippen LogP contribution in [-0.2, 0) is 6.54 Å². The second kappa shape index (κ2) is 6.07. The summed E-state index contributed by atoms with van der Waals surface area (Å²) in [6, 6.07) is 2.95. The first-order valence-electron chi connectivity index (χ1n) is 5.11. The van der Waals surface area contributed by atoms with Crippen molar-refractivity contribution >= 4 is 57.7 Å². The topological polar surface area (TPSA) is 68.0 Å². The molecule has 0 saturated carbocycles. The van der Waals surface area contributed by atoms with Gasteiger partial charge in [-0.1, -0.05) is 34.8 Å². The molecular weight excluding hydrogens is 329 g/mol. The second-order valence-corrected chi connectivity index (χ2v) is 5.70. The van der Waals surface area contributed by atoms with Crippen molar-refractivity contribution in [1.29, 1.82) is 0 Å². The minimum atomic E-state index is -0.378. The van der Waals surface area contributed by atoms with Crippen LogP contribution in [-0.4, -0.2) is 10.9 Å². The number of hydrogen-bond donors (Lipinski definition) is 2. The van der Waals surface area contributed by atoms with Gasteiger partial charge in [-0.3, -0.25) is 4.79 Å². The van der Waals surface area contributed by atoms with Crippen molar-refractivity contribution in [3.63, 3.8) is 0 Å². The van der Waals surface area contributed by atoms with E-state index in [1.165, 1.54) is 23.5 Å². The predicted molar refractivity (Wildman–Crippen MR) is 79.4 cm³/mol. The number of aromatic nitrogens is 1. The van der Waals surface area contributed by atoms with Crippen LogP contribution in [0.15, 0.2) is 17.5 Å². The van der Waals surface area contributed by atoms with Crippen LogP contribution < -0.4 is 11.1 Å². The van der Waals surface area contributed by atoms with E-state index in [4.69, 9.17) is 40.5 Å². The summed E-state index contributed by atoms with van der Waals surface area (Å²) in [5.41, 5.74) is 6.10. The van der Waals surface area contributed by atoms with Crippen molar-refractivity contribution in [3.8, 4) is 0 Å². The molecule has 0 unspecified atom stereocenters. The van der Waals surface area contributed by atoms with Gasteiger partial charge in [0.1, 0.15) is 10.7 Å². The molecule has 2 rings (SSSR count). The highest BCUT2D eigenvalue weighted by Crippen LogP contribution is 2.32. The van der Waals surface area contributed by atoms with Crippen LogP contribution in [0.2, 0.25) is 15.1 Å². The van der Waals surface area contributed by atoms with Gasteiger partial charge < -0.3 is 11.1 Å². The lowest BCUT2D eigenvalue weighted by Crippen LogP contribution is -2.13. The number of nitrogens with zero attached hydrogens (tertiary/aromatic N) is 1. The fourth-order valence-corrected chi connectivity index (χ4v) is 2.56. The molecule has 19 heavy (non-hydrogen) atoms. The molecular formula is C11H8Cl3N3OS. The number of halogens is 3. The van der Waals surface area contributed by atoms with E-state index < -0.39 is 0 Å². The maximum Gasteiger partial charge on any atom is 0.275 e. The molecule has 100 valence electrons. The summed E-state index contributed by atoms with van der Waals surface area (Å²) in [6.07, 6.45) is 0. The first kappa shape index (κ1) is 14.6. The molecule has 0 aliphatic heterocycles. The molecule has 1 aromatic carbocycles. The molecule has 1 heterocycles. The summed E-state index contributed by atoms with van der Waals surface area (Å²) in [7, 11) is 0. The van der Waals surface area contributed by atoms with Crippen LogP contribution in [0.1, 0.15) is 15.5 Å². The predicted octanol–water partition coefficient (Wildman–Crippen LogP) is 3.81. The molecule has 0 atom stereocenters. The van der Waals surface area contributed by atoms with Crippen molar-refractivity contribution < 1.29 is 4.79 Å². The van der Waals surface area contributed by atoms with Crippen LogP contribution in [0.4, 0.5) is 5.69 Å². The molecule has 0 aliphatic rings. The summed E-state index contributed by atoms with van der Waals surface area (Å²) in [6.45, 7) is 0.297. The number of amides is 1. The van der Waals surface area contributed by atoms with E-state index in [9.17, 15) is 4.79 Å². The van der Waals surface area contributed by atoms with Gasteiger partial charge in [-0.25, -0.2) is 4.98 Å². The van der Waals surface area contributed by atoms with Crippen molar-refractivity contribution in [3.05, 3.63) is 43.3 Å². The first-order chi connectivity index (χ1) is 9.01. The van der Waals surface area contributed by atoms with E-state index >= 15 is 0 Å². The molecule has 2 aromatic rings. The Labute approximate surface area is 128 Å². The molecule has 0 bridgehead atoms. The maximum absolute atomic E-state index is 11.9. The van der Waals surface area contributed by atoms with Crippen molar-refractivity contribution in [2.45, 2.75) is 6.54 Å². The van der Waals surface area contributed by atoms with Crippen LogP contribution in [0, 0.1) is 0 Å². The number of thiazole rings is 1. The molecule has 0 radical (unpaired) electrons. The van der Waals surface area contributed by atoms with Crippen molar-refractivity contribution in [1.82, 2.24) is 4.98 Å². The zero-order valence-corrected chi connectivity index (χ0v) is 12.5. The normalized spacial score (nSPS) is 10.5. The number of carbonyl (C=O) groups is 1. The Morgan fingerprint density at radius 3 is 2.58 bits per heavy atom. The quantitative estimate of drug-likeness (QED) is 0.837. The molecule has 1 amide bonds. The van der Waals surface area contributed by atoms with Gasteiger partial charge in [0.15, 0.2) is 0 Å². The summed E-state index contributed by atoms with van der Waals surface area (Å²) in [4.78, 5) is 16.0. The molecule has 0 spiro atoms. The third-order valence-electron chi connectivity index (χ3n) is 2.22. The maximum atomic E-state index is 11.9. The Balaban J connectivity index is 2.21. The van der Waals surface area contributed by atoms with E-state index in [2.05, 4.69) is 10.3 Å². The van der Waals surface area contributed by atoms with Gasteiger partial charge in [0.05, 0.1) is 20.8 Å². The van der Waals surface area contributed by atoms with Crippen LogP contribution in [0.25, 0.3) is 0 Å². The van der Waals surface area contributed by atoms with Gasteiger partial charge in [0.25, 0.3) is 5.91 Å². The third kappa shape index (κ3) is 3.38. The molecule has 1 aromatic heterocycles. The van der Waals surface area contributed by atoms with Crippen molar-refractivity contribution in [2.24, 2.45) is 5.73 Å². The van der Waals surface area contributed by atoms with E-state index in [0.717, 1.165) is 0 Å². The average molecular weight is 337 g/mol. The zero-order chi connectivity index (χ0) is 14.0.